The number of hydrogen-bond donors (Lipinski definition) is 1. The third-order valence-corrected chi connectivity index (χ3v) is 5.28. The van der Waals surface area contributed by atoms with Crippen LogP contribution < -0.4 is 5.32 Å². The van der Waals surface area contributed by atoms with E-state index in [1.807, 2.05) is 0 Å². The van der Waals surface area contributed by atoms with Gasteiger partial charge in [0.2, 0.25) is 0 Å². The summed E-state index contributed by atoms with van der Waals surface area (Å²) in [5.41, 5.74) is 1.55. The molecule has 3 aromatic rings. The van der Waals surface area contributed by atoms with Gasteiger partial charge in [-0.05, 0) is 53.6 Å². The quantitative estimate of drug-likeness (QED) is 0.480. The summed E-state index contributed by atoms with van der Waals surface area (Å²) in [6.45, 7) is 0. The molecule has 1 amide bonds. The van der Waals surface area contributed by atoms with Crippen molar-refractivity contribution in [3.63, 3.8) is 0 Å². The molecule has 0 heterocycles. The normalized spacial score (nSPS) is 11.5. The Morgan fingerprint density at radius 1 is 1.04 bits per heavy atom. The lowest BCUT2D eigenvalue weighted by molar-refractivity contribution is 0.0942. The molecule has 0 spiro atoms. The van der Waals surface area contributed by atoms with Crippen LogP contribution in [0.15, 0.2) is 65.1 Å². The summed E-state index contributed by atoms with van der Waals surface area (Å²) in [7, 11) is 0. The van der Waals surface area contributed by atoms with E-state index in [-0.39, 0.29) is 11.1 Å². The minimum Gasteiger partial charge on any atom is -0.341 e. The van der Waals surface area contributed by atoms with E-state index in [0.29, 0.717) is 14.5 Å². The van der Waals surface area contributed by atoms with Crippen molar-refractivity contribution >= 4 is 45.0 Å². The molecule has 0 saturated heterocycles. The summed E-state index contributed by atoms with van der Waals surface area (Å²) in [4.78, 5) is 12.8. The summed E-state index contributed by atoms with van der Waals surface area (Å²) in [6, 6.07) is 17.2. The molecule has 3 aromatic carbocycles. The van der Waals surface area contributed by atoms with Gasteiger partial charge in [-0.1, -0.05) is 57.3 Å². The molecule has 0 radical (unpaired) electrons. The summed E-state index contributed by atoms with van der Waals surface area (Å²) in [6.07, 6.45) is 0. The first-order chi connectivity index (χ1) is 13.4. The number of nitrogens with zero attached hydrogens (tertiary/aromatic N) is 1. The molecule has 0 saturated carbocycles. The summed E-state index contributed by atoms with van der Waals surface area (Å²) >= 11 is 15.5. The van der Waals surface area contributed by atoms with Gasteiger partial charge in [-0.15, -0.1) is 0 Å². The zero-order chi connectivity index (χ0) is 20.3. The molecule has 3 rings (SSSR count). The molecule has 140 valence electrons. The number of rotatable bonds is 4. The second-order valence-corrected chi connectivity index (χ2v) is 7.66. The molecular formula is C21H12BrCl2FN2O. The van der Waals surface area contributed by atoms with Crippen molar-refractivity contribution in [1.29, 1.82) is 5.26 Å². The van der Waals surface area contributed by atoms with Crippen LogP contribution in [-0.4, -0.2) is 5.91 Å². The van der Waals surface area contributed by atoms with Gasteiger partial charge >= 0.3 is 0 Å². The Labute approximate surface area is 179 Å². The standard InChI is InChI=1S/C21H12BrCl2FN2O/c22-18-10-16(24)7-8-17(18)20(12-3-5-15(23)6-4-12)27-21(28)13-1-2-14(11-26)19(25)9-13/h1-10,20H,(H,27,28)/t20-/m0/s1. The fraction of sp³-hybridized carbons (Fsp3) is 0.0476. The molecule has 1 atom stereocenters. The Bertz CT molecular complexity index is 1080. The third-order valence-electron chi connectivity index (χ3n) is 4.10. The largest absolute Gasteiger partial charge is 0.341 e. The molecule has 7 heteroatoms. The zero-order valence-electron chi connectivity index (χ0n) is 14.2. The van der Waals surface area contributed by atoms with E-state index in [2.05, 4.69) is 21.2 Å². The van der Waals surface area contributed by atoms with Gasteiger partial charge in [0, 0.05) is 20.1 Å². The number of benzene rings is 3. The first kappa shape index (κ1) is 20.3. The molecule has 0 bridgehead atoms. The second-order valence-electron chi connectivity index (χ2n) is 5.93. The van der Waals surface area contributed by atoms with E-state index in [9.17, 15) is 9.18 Å². The zero-order valence-corrected chi connectivity index (χ0v) is 17.3. The number of nitrogens with one attached hydrogen (secondary N) is 1. The van der Waals surface area contributed by atoms with Gasteiger partial charge < -0.3 is 5.32 Å². The van der Waals surface area contributed by atoms with E-state index in [0.717, 1.165) is 17.2 Å². The van der Waals surface area contributed by atoms with Crippen molar-refractivity contribution in [2.24, 2.45) is 0 Å². The maximum atomic E-state index is 13.9. The highest BCUT2D eigenvalue weighted by molar-refractivity contribution is 9.10. The van der Waals surface area contributed by atoms with Gasteiger partial charge in [-0.3, -0.25) is 4.79 Å². The minimum absolute atomic E-state index is 0.112. The second kappa shape index (κ2) is 8.74. The molecule has 1 N–H and O–H groups in total. The Kier molecular flexibility index (Phi) is 6.35. The first-order valence-electron chi connectivity index (χ1n) is 8.10. The Morgan fingerprint density at radius 3 is 2.32 bits per heavy atom. The summed E-state index contributed by atoms with van der Waals surface area (Å²) in [5, 5.41) is 12.9. The Morgan fingerprint density at radius 2 is 1.71 bits per heavy atom. The van der Waals surface area contributed by atoms with Gasteiger partial charge in [0.15, 0.2) is 0 Å². The van der Waals surface area contributed by atoms with Crippen molar-refractivity contribution in [1.82, 2.24) is 5.32 Å². The Balaban J connectivity index is 1.99. The monoisotopic (exact) mass is 476 g/mol. The fourth-order valence-electron chi connectivity index (χ4n) is 2.69. The van der Waals surface area contributed by atoms with Crippen LogP contribution in [0.2, 0.25) is 10.0 Å². The SMILES string of the molecule is N#Cc1ccc(C(=O)N[C@@H](c2ccc(Cl)cc2)c2ccc(Cl)cc2Br)cc1F. The van der Waals surface area contributed by atoms with Crippen LogP contribution in [-0.2, 0) is 0 Å². The lowest BCUT2D eigenvalue weighted by Gasteiger charge is -2.21. The lowest BCUT2D eigenvalue weighted by atomic mass is 9.98. The molecule has 0 fully saturated rings. The number of nitriles is 1. The molecule has 0 aliphatic heterocycles. The van der Waals surface area contributed by atoms with Crippen LogP contribution in [0.5, 0.6) is 0 Å². The van der Waals surface area contributed by atoms with Crippen LogP contribution in [0.4, 0.5) is 4.39 Å². The van der Waals surface area contributed by atoms with E-state index in [1.54, 1.807) is 48.5 Å². The molecule has 0 unspecified atom stereocenters. The van der Waals surface area contributed by atoms with Crippen LogP contribution in [0.25, 0.3) is 0 Å². The van der Waals surface area contributed by atoms with Crippen LogP contribution >= 0.6 is 39.1 Å². The molecular weight excluding hydrogens is 466 g/mol. The topological polar surface area (TPSA) is 52.9 Å². The van der Waals surface area contributed by atoms with Crippen molar-refractivity contribution in [2.75, 3.05) is 0 Å². The smallest absolute Gasteiger partial charge is 0.252 e. The maximum Gasteiger partial charge on any atom is 0.252 e. The molecule has 0 aromatic heterocycles. The fourth-order valence-corrected chi connectivity index (χ4v) is 3.73. The number of carbonyl (C=O) groups is 1. The van der Waals surface area contributed by atoms with E-state index in [1.165, 1.54) is 12.1 Å². The summed E-state index contributed by atoms with van der Waals surface area (Å²) < 4.78 is 14.6. The highest BCUT2D eigenvalue weighted by Gasteiger charge is 2.21. The van der Waals surface area contributed by atoms with Crippen molar-refractivity contribution < 1.29 is 9.18 Å². The van der Waals surface area contributed by atoms with E-state index < -0.39 is 17.8 Å². The minimum atomic E-state index is -0.745. The van der Waals surface area contributed by atoms with Crippen LogP contribution in [0, 0.1) is 17.1 Å². The van der Waals surface area contributed by atoms with Crippen LogP contribution in [0.1, 0.15) is 33.1 Å². The van der Waals surface area contributed by atoms with Gasteiger partial charge in [0.1, 0.15) is 11.9 Å². The number of halogens is 4. The van der Waals surface area contributed by atoms with Crippen molar-refractivity contribution in [2.45, 2.75) is 6.04 Å². The Hall–Kier alpha value is -2.39. The molecule has 0 aliphatic rings. The summed E-state index contributed by atoms with van der Waals surface area (Å²) in [5.74, 6) is -1.23. The van der Waals surface area contributed by atoms with E-state index in [4.69, 9.17) is 28.5 Å². The number of amides is 1. The number of carbonyl (C=O) groups excluding carboxylic acids is 1. The predicted octanol–water partition coefficient (Wildman–Crippen LogP) is 6.29. The average Bonchev–Trinajstić information content (AvgIpc) is 2.67. The highest BCUT2D eigenvalue weighted by Crippen LogP contribution is 2.31. The van der Waals surface area contributed by atoms with Gasteiger partial charge in [0.05, 0.1) is 11.6 Å². The van der Waals surface area contributed by atoms with Crippen molar-refractivity contribution in [3.8, 4) is 6.07 Å². The third kappa shape index (κ3) is 4.53. The molecule has 3 nitrogen and oxygen atoms in total. The number of hydrogen-bond acceptors (Lipinski definition) is 2. The molecule has 0 aliphatic carbocycles. The van der Waals surface area contributed by atoms with Crippen LogP contribution in [0.3, 0.4) is 0 Å². The molecule has 28 heavy (non-hydrogen) atoms. The van der Waals surface area contributed by atoms with Gasteiger partial charge in [0.25, 0.3) is 5.91 Å². The highest BCUT2D eigenvalue weighted by atomic mass is 79.9. The lowest BCUT2D eigenvalue weighted by Crippen LogP contribution is -2.29. The van der Waals surface area contributed by atoms with Gasteiger partial charge in [-0.2, -0.15) is 5.26 Å². The van der Waals surface area contributed by atoms with Crippen molar-refractivity contribution in [3.05, 3.63) is 103 Å². The average molecular weight is 478 g/mol. The maximum absolute atomic E-state index is 13.9. The van der Waals surface area contributed by atoms with Gasteiger partial charge in [-0.25, -0.2) is 4.39 Å². The van der Waals surface area contributed by atoms with E-state index >= 15 is 0 Å². The predicted molar refractivity (Wildman–Crippen MR) is 111 cm³/mol. The first-order valence-corrected chi connectivity index (χ1v) is 9.65.